The van der Waals surface area contributed by atoms with Crippen LogP contribution in [0.25, 0.3) is 11.0 Å². The number of nitrogen functional groups attached to an aromatic ring is 1. The van der Waals surface area contributed by atoms with Crippen LogP contribution < -0.4 is 5.73 Å². The number of pyridine rings is 1. The van der Waals surface area contributed by atoms with Gasteiger partial charge in [0, 0.05) is 22.4 Å². The molecule has 0 aliphatic rings. The second kappa shape index (κ2) is 5.68. The molecule has 3 heterocycles. The summed E-state index contributed by atoms with van der Waals surface area (Å²) >= 11 is 3.65. The molecule has 5 nitrogen and oxygen atoms in total. The number of nitrogens with two attached hydrogens (primary N) is 1. The number of rotatable bonds is 3. The fourth-order valence-electron chi connectivity index (χ4n) is 2.58. The fourth-order valence-corrected chi connectivity index (χ4v) is 3.21. The molecule has 2 N–H and O–H groups in total. The third kappa shape index (κ3) is 2.59. The minimum absolute atomic E-state index is 0.333. The van der Waals surface area contributed by atoms with E-state index in [1.807, 2.05) is 25.3 Å². The number of aryl methyl sites for hydroxylation is 1. The van der Waals surface area contributed by atoms with E-state index in [-0.39, 0.29) is 0 Å². The summed E-state index contributed by atoms with van der Waals surface area (Å²) in [6.45, 7) is 6.85. The summed E-state index contributed by atoms with van der Waals surface area (Å²) in [5.41, 5.74) is 8.92. The number of nitrogens with zero attached hydrogens (tertiary/aromatic N) is 4. The first kappa shape index (κ1) is 15.0. The predicted molar refractivity (Wildman–Crippen MR) is 91.8 cm³/mol. The van der Waals surface area contributed by atoms with Crippen molar-refractivity contribution in [2.75, 3.05) is 5.73 Å². The van der Waals surface area contributed by atoms with E-state index in [0.717, 1.165) is 32.6 Å². The van der Waals surface area contributed by atoms with Gasteiger partial charge in [0.1, 0.15) is 17.3 Å². The summed E-state index contributed by atoms with van der Waals surface area (Å²) in [4.78, 5) is 13.4. The van der Waals surface area contributed by atoms with E-state index >= 15 is 0 Å². The molecule has 3 aromatic rings. The van der Waals surface area contributed by atoms with Crippen molar-refractivity contribution in [3.05, 3.63) is 46.1 Å². The van der Waals surface area contributed by atoms with Crippen LogP contribution in [0.3, 0.4) is 0 Å². The number of hydrogen-bond acceptors (Lipinski definition) is 4. The number of fused-ring (bicyclic) bond motifs is 1. The molecule has 0 bridgehead atoms. The van der Waals surface area contributed by atoms with Crippen LogP contribution in [0.1, 0.15) is 36.8 Å². The standard InChI is InChI=1S/C16H18BrN5/c1-9(2)14-13-12(17)8-22(16(13)21-10(3)20-14)7-11-5-4-6-19-15(11)18/h4-6,8-9H,7H2,1-3H3,(H2,18,19). The van der Waals surface area contributed by atoms with Gasteiger partial charge in [-0.3, -0.25) is 0 Å². The summed E-state index contributed by atoms with van der Waals surface area (Å²) in [7, 11) is 0. The van der Waals surface area contributed by atoms with Crippen LogP contribution in [0.5, 0.6) is 0 Å². The van der Waals surface area contributed by atoms with E-state index in [0.29, 0.717) is 18.3 Å². The minimum atomic E-state index is 0.333. The third-order valence-corrected chi connectivity index (χ3v) is 4.22. The number of aromatic nitrogens is 4. The molecule has 22 heavy (non-hydrogen) atoms. The smallest absolute Gasteiger partial charge is 0.145 e. The quantitative estimate of drug-likeness (QED) is 0.774. The highest BCUT2D eigenvalue weighted by molar-refractivity contribution is 9.10. The minimum Gasteiger partial charge on any atom is -0.383 e. The van der Waals surface area contributed by atoms with E-state index in [9.17, 15) is 0 Å². The van der Waals surface area contributed by atoms with E-state index < -0.39 is 0 Å². The lowest BCUT2D eigenvalue weighted by atomic mass is 10.1. The van der Waals surface area contributed by atoms with Crippen LogP contribution >= 0.6 is 15.9 Å². The van der Waals surface area contributed by atoms with Gasteiger partial charge in [-0.1, -0.05) is 19.9 Å². The molecule has 0 saturated carbocycles. The highest BCUT2D eigenvalue weighted by Crippen LogP contribution is 2.31. The molecule has 0 aliphatic heterocycles. The summed E-state index contributed by atoms with van der Waals surface area (Å²) in [5, 5.41) is 1.07. The molecule has 0 aromatic carbocycles. The van der Waals surface area contributed by atoms with Crippen molar-refractivity contribution < 1.29 is 0 Å². The first-order chi connectivity index (χ1) is 10.5. The Bertz CT molecular complexity index is 838. The molecule has 0 radical (unpaired) electrons. The van der Waals surface area contributed by atoms with E-state index in [2.05, 4.69) is 49.3 Å². The van der Waals surface area contributed by atoms with Crippen molar-refractivity contribution in [3.63, 3.8) is 0 Å². The van der Waals surface area contributed by atoms with E-state index in [1.54, 1.807) is 6.20 Å². The van der Waals surface area contributed by atoms with Gasteiger partial charge in [-0.2, -0.15) is 0 Å². The molecule has 0 amide bonds. The summed E-state index contributed by atoms with van der Waals surface area (Å²) in [6, 6.07) is 3.88. The van der Waals surface area contributed by atoms with Crippen LogP contribution in [-0.2, 0) is 6.54 Å². The molecule has 0 saturated heterocycles. The van der Waals surface area contributed by atoms with Crippen LogP contribution in [-0.4, -0.2) is 19.5 Å². The maximum atomic E-state index is 5.96. The van der Waals surface area contributed by atoms with Gasteiger partial charge < -0.3 is 10.3 Å². The first-order valence-corrected chi connectivity index (χ1v) is 7.99. The molecule has 0 aliphatic carbocycles. The molecule has 0 spiro atoms. The molecule has 6 heteroatoms. The molecule has 0 atom stereocenters. The van der Waals surface area contributed by atoms with Gasteiger partial charge in [0.05, 0.1) is 17.6 Å². The Labute approximate surface area is 137 Å². The summed E-state index contributed by atoms with van der Waals surface area (Å²) < 4.78 is 3.10. The SMILES string of the molecule is Cc1nc(C(C)C)c2c(Br)cn(Cc3cccnc3N)c2n1. The molecule has 114 valence electrons. The van der Waals surface area contributed by atoms with Gasteiger partial charge in [0.2, 0.25) is 0 Å². The molecule has 3 rings (SSSR count). The lowest BCUT2D eigenvalue weighted by Gasteiger charge is -2.10. The Morgan fingerprint density at radius 1 is 1.32 bits per heavy atom. The van der Waals surface area contributed by atoms with Crippen molar-refractivity contribution >= 4 is 32.8 Å². The van der Waals surface area contributed by atoms with Crippen LogP contribution in [0, 0.1) is 6.92 Å². The normalized spacial score (nSPS) is 11.5. The van der Waals surface area contributed by atoms with Crippen molar-refractivity contribution in [1.29, 1.82) is 0 Å². The second-order valence-electron chi connectivity index (χ2n) is 5.66. The number of anilines is 1. The lowest BCUT2D eigenvalue weighted by Crippen LogP contribution is -2.06. The van der Waals surface area contributed by atoms with Crippen molar-refractivity contribution in [2.24, 2.45) is 0 Å². The highest BCUT2D eigenvalue weighted by Gasteiger charge is 2.17. The van der Waals surface area contributed by atoms with Gasteiger partial charge in [0.15, 0.2) is 0 Å². The monoisotopic (exact) mass is 359 g/mol. The summed E-state index contributed by atoms with van der Waals surface area (Å²) in [6.07, 6.45) is 3.74. The molecule has 3 aromatic heterocycles. The maximum Gasteiger partial charge on any atom is 0.145 e. The van der Waals surface area contributed by atoms with Gasteiger partial charge in [-0.25, -0.2) is 15.0 Å². The molecular weight excluding hydrogens is 342 g/mol. The van der Waals surface area contributed by atoms with Gasteiger partial charge in [-0.15, -0.1) is 0 Å². The zero-order chi connectivity index (χ0) is 15.9. The molecule has 0 fully saturated rings. The fraction of sp³-hybridized carbons (Fsp3) is 0.312. The third-order valence-electron chi connectivity index (χ3n) is 3.62. The largest absolute Gasteiger partial charge is 0.383 e. The van der Waals surface area contributed by atoms with E-state index in [1.165, 1.54) is 0 Å². The van der Waals surface area contributed by atoms with Crippen LogP contribution in [0.15, 0.2) is 29.0 Å². The number of halogens is 1. The number of hydrogen-bond donors (Lipinski definition) is 1. The van der Waals surface area contributed by atoms with Gasteiger partial charge in [0.25, 0.3) is 0 Å². The highest BCUT2D eigenvalue weighted by atomic mass is 79.9. The summed E-state index contributed by atoms with van der Waals surface area (Å²) in [5.74, 6) is 1.66. The second-order valence-corrected chi connectivity index (χ2v) is 6.52. The zero-order valence-corrected chi connectivity index (χ0v) is 14.4. The van der Waals surface area contributed by atoms with Crippen molar-refractivity contribution in [3.8, 4) is 0 Å². The Balaban J connectivity index is 2.18. The van der Waals surface area contributed by atoms with Crippen LogP contribution in [0.2, 0.25) is 0 Å². The van der Waals surface area contributed by atoms with Crippen molar-refractivity contribution in [1.82, 2.24) is 19.5 Å². The average molecular weight is 360 g/mol. The Morgan fingerprint density at radius 2 is 2.09 bits per heavy atom. The van der Waals surface area contributed by atoms with Gasteiger partial charge >= 0.3 is 0 Å². The molecular formula is C16H18BrN5. The molecule has 0 unspecified atom stereocenters. The lowest BCUT2D eigenvalue weighted by molar-refractivity contribution is 0.796. The predicted octanol–water partition coefficient (Wildman–Crippen LogP) is 3.65. The topological polar surface area (TPSA) is 69.6 Å². The van der Waals surface area contributed by atoms with Gasteiger partial charge in [-0.05, 0) is 34.8 Å². The first-order valence-electron chi connectivity index (χ1n) is 7.19. The Morgan fingerprint density at radius 3 is 2.77 bits per heavy atom. The van der Waals surface area contributed by atoms with Crippen molar-refractivity contribution in [2.45, 2.75) is 33.2 Å². The Hall–Kier alpha value is -1.95. The average Bonchev–Trinajstić information content (AvgIpc) is 2.77. The maximum absolute atomic E-state index is 5.96. The van der Waals surface area contributed by atoms with E-state index in [4.69, 9.17) is 5.73 Å². The zero-order valence-electron chi connectivity index (χ0n) is 12.8. The van der Waals surface area contributed by atoms with Crippen LogP contribution in [0.4, 0.5) is 5.82 Å². The Kier molecular flexibility index (Phi) is 3.87.